The first-order valence-electron chi connectivity index (χ1n) is 6.28. The van der Waals surface area contributed by atoms with E-state index in [0.29, 0.717) is 0 Å². The molecule has 0 saturated carbocycles. The lowest BCUT2D eigenvalue weighted by atomic mass is 10.2. The highest BCUT2D eigenvalue weighted by atomic mass is 31.2. The van der Waals surface area contributed by atoms with Crippen LogP contribution in [0.25, 0.3) is 0 Å². The van der Waals surface area contributed by atoms with E-state index >= 15 is 0 Å². The van der Waals surface area contributed by atoms with Gasteiger partial charge < -0.3 is 19.5 Å². The molecule has 5 nitrogen and oxygen atoms in total. The van der Waals surface area contributed by atoms with Crippen molar-refractivity contribution >= 4 is 7.60 Å². The van der Waals surface area contributed by atoms with Crippen LogP contribution in [0.5, 0.6) is 0 Å². The average molecular weight is 267 g/mol. The van der Waals surface area contributed by atoms with Crippen LogP contribution in [0.15, 0.2) is 0 Å². The summed E-state index contributed by atoms with van der Waals surface area (Å²) in [5.41, 5.74) is 0. The van der Waals surface area contributed by atoms with E-state index in [4.69, 9.17) is 9.63 Å². The SMILES string of the molecule is CCOCCCNCCCCCP(=O)(O)OC. The molecule has 2 N–H and O–H groups in total. The van der Waals surface area contributed by atoms with Gasteiger partial charge in [-0.2, -0.15) is 0 Å². The Hall–Kier alpha value is 0.0700. The standard InChI is InChI=1S/C11H26NO4P/c1-3-16-10-7-9-12-8-5-4-6-11-17(13,14)15-2/h12H,3-11H2,1-2H3,(H,13,14). The second-order valence-corrected chi connectivity index (χ2v) is 5.99. The van der Waals surface area contributed by atoms with E-state index in [9.17, 15) is 4.57 Å². The van der Waals surface area contributed by atoms with Crippen LogP contribution in [0.1, 0.15) is 32.6 Å². The van der Waals surface area contributed by atoms with Gasteiger partial charge in [0.1, 0.15) is 0 Å². The molecule has 0 saturated heterocycles. The molecular weight excluding hydrogens is 241 g/mol. The van der Waals surface area contributed by atoms with E-state index < -0.39 is 7.60 Å². The second kappa shape index (κ2) is 11.2. The van der Waals surface area contributed by atoms with E-state index in [1.54, 1.807) is 0 Å². The van der Waals surface area contributed by atoms with Gasteiger partial charge in [-0.3, -0.25) is 4.57 Å². The number of hydrogen-bond acceptors (Lipinski definition) is 4. The summed E-state index contributed by atoms with van der Waals surface area (Å²) in [4.78, 5) is 9.15. The molecule has 1 atom stereocenters. The number of hydrogen-bond donors (Lipinski definition) is 2. The second-order valence-electron chi connectivity index (χ2n) is 3.90. The molecule has 0 spiro atoms. The molecule has 0 aromatic carbocycles. The third kappa shape index (κ3) is 12.3. The van der Waals surface area contributed by atoms with Gasteiger partial charge in [-0.15, -0.1) is 0 Å². The molecule has 0 aromatic rings. The Morgan fingerprint density at radius 2 is 1.88 bits per heavy atom. The zero-order valence-corrected chi connectivity index (χ0v) is 11.9. The summed E-state index contributed by atoms with van der Waals surface area (Å²) in [5.74, 6) is 0. The van der Waals surface area contributed by atoms with Crippen molar-refractivity contribution in [2.45, 2.75) is 32.6 Å². The third-order valence-electron chi connectivity index (χ3n) is 2.43. The molecule has 1 unspecified atom stereocenters. The summed E-state index contributed by atoms with van der Waals surface area (Å²) in [6.45, 7) is 5.50. The molecule has 0 aliphatic rings. The molecule has 0 aliphatic carbocycles. The fraction of sp³-hybridized carbons (Fsp3) is 1.00. The highest BCUT2D eigenvalue weighted by Gasteiger charge is 2.15. The van der Waals surface area contributed by atoms with Gasteiger partial charge in [-0.25, -0.2) is 0 Å². The van der Waals surface area contributed by atoms with Crippen molar-refractivity contribution in [3.05, 3.63) is 0 Å². The summed E-state index contributed by atoms with van der Waals surface area (Å²) in [6.07, 6.45) is 4.00. The minimum Gasteiger partial charge on any atom is -0.382 e. The van der Waals surface area contributed by atoms with Crippen LogP contribution in [-0.2, 0) is 13.8 Å². The number of nitrogens with one attached hydrogen (secondary N) is 1. The molecule has 0 heterocycles. The van der Waals surface area contributed by atoms with Crippen molar-refractivity contribution in [1.29, 1.82) is 0 Å². The van der Waals surface area contributed by atoms with Gasteiger partial charge >= 0.3 is 7.60 Å². The van der Waals surface area contributed by atoms with Gasteiger partial charge in [0.2, 0.25) is 0 Å². The first-order chi connectivity index (χ1) is 8.12. The Balaban J connectivity index is 3.11. The fourth-order valence-electron chi connectivity index (χ4n) is 1.40. The summed E-state index contributed by atoms with van der Waals surface area (Å²) in [7, 11) is -2.01. The molecule has 6 heteroatoms. The molecule has 0 aliphatic heterocycles. The van der Waals surface area contributed by atoms with Crippen molar-refractivity contribution in [1.82, 2.24) is 5.32 Å². The normalized spacial score (nSPS) is 14.8. The Kier molecular flexibility index (Phi) is 11.2. The quantitative estimate of drug-likeness (QED) is 0.418. The van der Waals surface area contributed by atoms with E-state index in [1.807, 2.05) is 6.92 Å². The molecule has 104 valence electrons. The smallest absolute Gasteiger partial charge is 0.327 e. The van der Waals surface area contributed by atoms with Crippen molar-refractivity contribution in [3.8, 4) is 0 Å². The predicted molar refractivity (Wildman–Crippen MR) is 69.5 cm³/mol. The Morgan fingerprint density at radius 1 is 1.18 bits per heavy atom. The highest BCUT2D eigenvalue weighted by Crippen LogP contribution is 2.41. The summed E-state index contributed by atoms with van der Waals surface area (Å²) < 4.78 is 20.8. The first kappa shape index (κ1) is 17.1. The third-order valence-corrected chi connectivity index (χ3v) is 3.88. The lowest BCUT2D eigenvalue weighted by molar-refractivity contribution is 0.145. The van der Waals surface area contributed by atoms with Gasteiger partial charge in [0.25, 0.3) is 0 Å². The molecular formula is C11H26NO4P. The number of unbranched alkanes of at least 4 members (excludes halogenated alkanes) is 2. The Morgan fingerprint density at radius 3 is 2.53 bits per heavy atom. The summed E-state index contributed by atoms with van der Waals surface area (Å²) in [5, 5.41) is 3.31. The fourth-order valence-corrected chi connectivity index (χ4v) is 2.20. The Bertz CT molecular complexity index is 214. The zero-order valence-electron chi connectivity index (χ0n) is 11.0. The topological polar surface area (TPSA) is 67.8 Å². The van der Waals surface area contributed by atoms with Gasteiger partial charge in [-0.05, 0) is 39.3 Å². The van der Waals surface area contributed by atoms with Gasteiger partial charge in [0, 0.05) is 26.5 Å². The molecule has 0 bridgehead atoms. The molecule has 0 rings (SSSR count). The number of rotatable bonds is 12. The molecule has 17 heavy (non-hydrogen) atoms. The minimum absolute atomic E-state index is 0.258. The van der Waals surface area contributed by atoms with Crippen molar-refractivity contribution in [2.24, 2.45) is 0 Å². The van der Waals surface area contributed by atoms with Crippen LogP contribution in [-0.4, -0.2) is 44.5 Å². The van der Waals surface area contributed by atoms with E-state index in [2.05, 4.69) is 9.84 Å². The predicted octanol–water partition coefficient (Wildman–Crippen LogP) is 2.00. The van der Waals surface area contributed by atoms with Crippen molar-refractivity contribution < 1.29 is 18.7 Å². The highest BCUT2D eigenvalue weighted by molar-refractivity contribution is 7.52. The number of ether oxygens (including phenoxy) is 1. The van der Waals surface area contributed by atoms with Crippen LogP contribution in [0.4, 0.5) is 0 Å². The maximum absolute atomic E-state index is 11.1. The monoisotopic (exact) mass is 267 g/mol. The first-order valence-corrected chi connectivity index (χ1v) is 8.04. The summed E-state index contributed by atoms with van der Waals surface area (Å²) >= 11 is 0. The van der Waals surface area contributed by atoms with Gasteiger partial charge in [-0.1, -0.05) is 6.42 Å². The van der Waals surface area contributed by atoms with Gasteiger partial charge in [0.05, 0.1) is 0 Å². The van der Waals surface area contributed by atoms with Crippen molar-refractivity contribution in [3.63, 3.8) is 0 Å². The Labute approximate surface area is 104 Å². The lowest BCUT2D eigenvalue weighted by Gasteiger charge is -2.08. The molecule has 0 fully saturated rings. The van der Waals surface area contributed by atoms with E-state index in [-0.39, 0.29) is 6.16 Å². The molecule has 0 amide bonds. The maximum atomic E-state index is 11.1. The van der Waals surface area contributed by atoms with E-state index in [1.165, 1.54) is 7.11 Å². The zero-order chi connectivity index (χ0) is 13.0. The van der Waals surface area contributed by atoms with Crippen LogP contribution in [0.3, 0.4) is 0 Å². The minimum atomic E-state index is -3.28. The van der Waals surface area contributed by atoms with Crippen LogP contribution in [0, 0.1) is 0 Å². The largest absolute Gasteiger partial charge is 0.382 e. The molecule has 0 aromatic heterocycles. The maximum Gasteiger partial charge on any atom is 0.327 e. The van der Waals surface area contributed by atoms with E-state index in [0.717, 1.165) is 52.0 Å². The van der Waals surface area contributed by atoms with Crippen molar-refractivity contribution in [2.75, 3.05) is 39.6 Å². The lowest BCUT2D eigenvalue weighted by Crippen LogP contribution is -2.18. The average Bonchev–Trinajstić information content (AvgIpc) is 2.31. The summed E-state index contributed by atoms with van der Waals surface area (Å²) in [6, 6.07) is 0. The van der Waals surface area contributed by atoms with Crippen LogP contribution < -0.4 is 5.32 Å². The molecule has 0 radical (unpaired) electrons. The van der Waals surface area contributed by atoms with Crippen LogP contribution >= 0.6 is 7.60 Å². The van der Waals surface area contributed by atoms with Gasteiger partial charge in [0.15, 0.2) is 0 Å². The van der Waals surface area contributed by atoms with Crippen LogP contribution in [0.2, 0.25) is 0 Å².